The summed E-state index contributed by atoms with van der Waals surface area (Å²) >= 11 is 5.37. The summed E-state index contributed by atoms with van der Waals surface area (Å²) in [4.78, 5) is 21.3. The van der Waals surface area contributed by atoms with Crippen molar-refractivity contribution in [3.8, 4) is 17.2 Å². The molecule has 4 rings (SSSR count). The molecular formula is C25H24N4O3S. The number of fused-ring (bicyclic) bond motifs is 1. The maximum absolute atomic E-state index is 12.6. The second kappa shape index (κ2) is 9.79. The average molecular weight is 461 g/mol. The van der Waals surface area contributed by atoms with Crippen LogP contribution in [0, 0.1) is 6.92 Å². The summed E-state index contributed by atoms with van der Waals surface area (Å²) in [7, 11) is 0. The molecule has 33 heavy (non-hydrogen) atoms. The monoisotopic (exact) mass is 460 g/mol. The molecule has 0 aliphatic heterocycles. The molecule has 2 aromatic carbocycles. The number of hydrogen-bond acceptors (Lipinski definition) is 6. The highest BCUT2D eigenvalue weighted by atomic mass is 32.1. The maximum atomic E-state index is 12.6. The number of aromatic nitrogens is 2. The zero-order chi connectivity index (χ0) is 23.4. The minimum Gasteiger partial charge on any atom is -0.491 e. The third-order valence-corrected chi connectivity index (χ3v) is 5.44. The Morgan fingerprint density at radius 2 is 1.94 bits per heavy atom. The van der Waals surface area contributed by atoms with Crippen LogP contribution in [0.3, 0.4) is 0 Å². The number of rotatable bonds is 6. The molecule has 0 aliphatic rings. The van der Waals surface area contributed by atoms with Gasteiger partial charge in [-0.1, -0.05) is 13.0 Å². The van der Waals surface area contributed by atoms with Crippen LogP contribution in [0.15, 0.2) is 65.2 Å². The summed E-state index contributed by atoms with van der Waals surface area (Å²) < 4.78 is 11.6. The third-order valence-electron chi connectivity index (χ3n) is 5.23. The molecule has 8 heteroatoms. The standard InChI is InChI=1S/C25H24N4O3S/c1-4-15(2)31-18-12-10-17(11-13-18)23(30)29-25(33)27-20-8-5-7-19(16(20)3)24-28-22-21(32-24)9-6-14-26-22/h5-15H,4H2,1-3H3,(H2,27,29,30,33)/t15-/m0/s1. The number of nitrogens with one attached hydrogen (secondary N) is 2. The summed E-state index contributed by atoms with van der Waals surface area (Å²) in [6.45, 7) is 5.99. The summed E-state index contributed by atoms with van der Waals surface area (Å²) in [5.41, 5.74) is 4.09. The van der Waals surface area contributed by atoms with E-state index in [4.69, 9.17) is 21.4 Å². The molecule has 1 amide bonds. The van der Waals surface area contributed by atoms with E-state index in [0.717, 1.165) is 29.0 Å². The van der Waals surface area contributed by atoms with Gasteiger partial charge in [0, 0.05) is 23.0 Å². The predicted molar refractivity (Wildman–Crippen MR) is 132 cm³/mol. The van der Waals surface area contributed by atoms with Crippen molar-refractivity contribution in [2.75, 3.05) is 5.32 Å². The first-order valence-electron chi connectivity index (χ1n) is 10.6. The Bertz CT molecular complexity index is 1270. The van der Waals surface area contributed by atoms with Gasteiger partial charge in [-0.25, -0.2) is 4.98 Å². The zero-order valence-corrected chi connectivity index (χ0v) is 19.4. The minimum atomic E-state index is -0.304. The number of amides is 1. The van der Waals surface area contributed by atoms with Crippen LogP contribution >= 0.6 is 12.2 Å². The highest BCUT2D eigenvalue weighted by molar-refractivity contribution is 7.80. The van der Waals surface area contributed by atoms with Crippen LogP contribution in [0.2, 0.25) is 0 Å². The van der Waals surface area contributed by atoms with Gasteiger partial charge >= 0.3 is 0 Å². The van der Waals surface area contributed by atoms with E-state index in [1.807, 2.05) is 38.1 Å². The molecule has 0 saturated heterocycles. The maximum Gasteiger partial charge on any atom is 0.257 e. The molecule has 0 fully saturated rings. The summed E-state index contributed by atoms with van der Waals surface area (Å²) in [5.74, 6) is 0.893. The Morgan fingerprint density at radius 3 is 2.67 bits per heavy atom. The Kier molecular flexibility index (Phi) is 6.65. The lowest BCUT2D eigenvalue weighted by molar-refractivity contribution is 0.0977. The van der Waals surface area contributed by atoms with E-state index in [-0.39, 0.29) is 17.1 Å². The first-order valence-corrected chi connectivity index (χ1v) is 11.1. The summed E-state index contributed by atoms with van der Waals surface area (Å²) in [5, 5.41) is 6.00. The van der Waals surface area contributed by atoms with Gasteiger partial charge in [-0.2, -0.15) is 4.98 Å². The minimum absolute atomic E-state index is 0.117. The van der Waals surface area contributed by atoms with Gasteiger partial charge in [-0.3, -0.25) is 10.1 Å². The van der Waals surface area contributed by atoms with Gasteiger partial charge in [0.25, 0.3) is 5.91 Å². The molecule has 0 radical (unpaired) electrons. The Hall–Kier alpha value is -3.78. The molecule has 168 valence electrons. The number of pyridine rings is 1. The van der Waals surface area contributed by atoms with E-state index in [2.05, 4.69) is 27.5 Å². The first-order chi connectivity index (χ1) is 15.9. The second-order valence-electron chi connectivity index (χ2n) is 7.59. The average Bonchev–Trinajstić information content (AvgIpc) is 3.24. The fraction of sp³-hybridized carbons (Fsp3) is 0.200. The van der Waals surface area contributed by atoms with Crippen molar-refractivity contribution in [2.24, 2.45) is 0 Å². The summed E-state index contributed by atoms with van der Waals surface area (Å²) in [6.07, 6.45) is 2.70. The molecule has 0 aliphatic carbocycles. The van der Waals surface area contributed by atoms with Crippen LogP contribution in [-0.4, -0.2) is 27.1 Å². The highest BCUT2D eigenvalue weighted by Gasteiger charge is 2.15. The van der Waals surface area contributed by atoms with Gasteiger partial charge in [0.15, 0.2) is 16.3 Å². The normalized spacial score (nSPS) is 11.7. The fourth-order valence-corrected chi connectivity index (χ4v) is 3.42. The van der Waals surface area contributed by atoms with Crippen LogP contribution < -0.4 is 15.4 Å². The number of nitrogens with zero attached hydrogens (tertiary/aromatic N) is 2. The van der Waals surface area contributed by atoms with Crippen LogP contribution in [-0.2, 0) is 0 Å². The number of ether oxygens (including phenoxy) is 1. The summed E-state index contributed by atoms with van der Waals surface area (Å²) in [6, 6.07) is 16.3. The van der Waals surface area contributed by atoms with Crippen molar-refractivity contribution in [3.05, 3.63) is 71.9 Å². The molecule has 1 atom stereocenters. The quantitative estimate of drug-likeness (QED) is 0.367. The SMILES string of the molecule is CC[C@H](C)Oc1ccc(C(=O)NC(=S)Nc2cccc(-c3nc4ncccc4o3)c2C)cc1. The van der Waals surface area contributed by atoms with E-state index in [1.165, 1.54) is 0 Å². The molecule has 4 aromatic rings. The van der Waals surface area contributed by atoms with Crippen molar-refractivity contribution >= 4 is 40.2 Å². The lowest BCUT2D eigenvalue weighted by Crippen LogP contribution is -2.34. The zero-order valence-electron chi connectivity index (χ0n) is 18.6. The smallest absolute Gasteiger partial charge is 0.257 e. The number of anilines is 1. The number of thiocarbonyl (C=S) groups is 1. The van der Waals surface area contributed by atoms with Gasteiger partial charge in [-0.05, 0) is 86.6 Å². The third kappa shape index (κ3) is 5.18. The molecule has 2 heterocycles. The van der Waals surface area contributed by atoms with Crippen molar-refractivity contribution < 1.29 is 13.9 Å². The molecular weight excluding hydrogens is 436 g/mol. The van der Waals surface area contributed by atoms with Gasteiger partial charge in [-0.15, -0.1) is 0 Å². The first kappa shape index (κ1) is 22.4. The van der Waals surface area contributed by atoms with Crippen LogP contribution in [0.4, 0.5) is 5.69 Å². The number of hydrogen-bond donors (Lipinski definition) is 2. The van der Waals surface area contributed by atoms with E-state index in [0.29, 0.717) is 22.7 Å². The molecule has 0 spiro atoms. The second-order valence-corrected chi connectivity index (χ2v) is 8.00. The number of carbonyl (C=O) groups excluding carboxylic acids is 1. The lowest BCUT2D eigenvalue weighted by Gasteiger charge is -2.14. The van der Waals surface area contributed by atoms with Gasteiger partial charge in [0.1, 0.15) is 5.75 Å². The molecule has 0 bridgehead atoms. The number of carbonyl (C=O) groups is 1. The number of oxazole rings is 1. The topological polar surface area (TPSA) is 89.3 Å². The number of benzene rings is 2. The Labute approximate surface area is 197 Å². The van der Waals surface area contributed by atoms with E-state index in [9.17, 15) is 4.79 Å². The molecule has 2 N–H and O–H groups in total. The predicted octanol–water partition coefficient (Wildman–Crippen LogP) is 5.50. The van der Waals surface area contributed by atoms with Gasteiger partial charge in [0.2, 0.25) is 5.89 Å². The largest absolute Gasteiger partial charge is 0.491 e. The van der Waals surface area contributed by atoms with Gasteiger partial charge < -0.3 is 14.5 Å². The fourth-order valence-electron chi connectivity index (χ4n) is 3.22. The Morgan fingerprint density at radius 1 is 1.15 bits per heavy atom. The van der Waals surface area contributed by atoms with Crippen LogP contribution in [0.25, 0.3) is 22.7 Å². The van der Waals surface area contributed by atoms with Crippen LogP contribution in [0.1, 0.15) is 36.2 Å². The van der Waals surface area contributed by atoms with E-state index < -0.39 is 0 Å². The lowest BCUT2D eigenvalue weighted by atomic mass is 10.1. The molecule has 2 aromatic heterocycles. The van der Waals surface area contributed by atoms with E-state index in [1.54, 1.807) is 36.5 Å². The van der Waals surface area contributed by atoms with Gasteiger partial charge in [0.05, 0.1) is 6.10 Å². The molecule has 0 saturated carbocycles. The Balaban J connectivity index is 1.44. The highest BCUT2D eigenvalue weighted by Crippen LogP contribution is 2.30. The van der Waals surface area contributed by atoms with E-state index >= 15 is 0 Å². The molecule has 7 nitrogen and oxygen atoms in total. The van der Waals surface area contributed by atoms with Crippen molar-refractivity contribution in [1.82, 2.24) is 15.3 Å². The molecule has 0 unspecified atom stereocenters. The van der Waals surface area contributed by atoms with Crippen LogP contribution in [0.5, 0.6) is 5.75 Å². The van der Waals surface area contributed by atoms with Crippen molar-refractivity contribution in [3.63, 3.8) is 0 Å². The van der Waals surface area contributed by atoms with Crippen molar-refractivity contribution in [1.29, 1.82) is 0 Å². The van der Waals surface area contributed by atoms with Crippen molar-refractivity contribution in [2.45, 2.75) is 33.3 Å².